The van der Waals surface area contributed by atoms with Crippen LogP contribution in [-0.4, -0.2) is 17.0 Å². The van der Waals surface area contributed by atoms with E-state index < -0.39 is 0 Å². The molecule has 84 valence electrons. The van der Waals surface area contributed by atoms with Gasteiger partial charge >= 0.3 is 0 Å². The summed E-state index contributed by atoms with van der Waals surface area (Å²) in [6.45, 7) is 7.90. The third-order valence-electron chi connectivity index (χ3n) is 2.81. The van der Waals surface area contributed by atoms with Crippen molar-refractivity contribution in [3.63, 3.8) is 0 Å². The van der Waals surface area contributed by atoms with Crippen LogP contribution in [0.1, 0.15) is 40.5 Å². The van der Waals surface area contributed by atoms with Crippen molar-refractivity contribution in [2.75, 3.05) is 0 Å². The van der Waals surface area contributed by atoms with Crippen LogP contribution >= 0.6 is 0 Å². The van der Waals surface area contributed by atoms with Gasteiger partial charge in [0.2, 0.25) is 0 Å². The van der Waals surface area contributed by atoms with E-state index in [-0.39, 0.29) is 17.3 Å². The lowest BCUT2D eigenvalue weighted by atomic mass is 9.72. The zero-order chi connectivity index (χ0) is 11.6. The first-order valence-corrected chi connectivity index (χ1v) is 5.43. The summed E-state index contributed by atoms with van der Waals surface area (Å²) in [7, 11) is 0. The van der Waals surface area contributed by atoms with Gasteiger partial charge in [-0.1, -0.05) is 19.9 Å². The van der Waals surface area contributed by atoms with E-state index in [4.69, 9.17) is 0 Å². The summed E-state index contributed by atoms with van der Waals surface area (Å²) in [6, 6.07) is 0. The Labute approximate surface area is 91.7 Å². The predicted molar refractivity (Wildman–Crippen MR) is 61.5 cm³/mol. The fourth-order valence-electron chi connectivity index (χ4n) is 2.16. The molecular formula is C13H20O2. The van der Waals surface area contributed by atoms with E-state index in [9.17, 15) is 9.90 Å². The van der Waals surface area contributed by atoms with Gasteiger partial charge < -0.3 is 5.11 Å². The van der Waals surface area contributed by atoms with E-state index in [1.54, 1.807) is 13.0 Å². The first kappa shape index (κ1) is 12.2. The number of carbonyl (C=O) groups excluding carboxylic acids is 1. The van der Waals surface area contributed by atoms with Crippen molar-refractivity contribution >= 4 is 5.78 Å². The standard InChI is InChI=1S/C13H20O2/c1-9-7-11(15)8-13(3,4)12(9)6-5-10(2)14/h6-7,10,14H,5,8H2,1-4H3/b12-6+/t10-/m1/s1. The van der Waals surface area contributed by atoms with Crippen LogP contribution in [-0.2, 0) is 4.79 Å². The average Bonchev–Trinajstić information content (AvgIpc) is 1.98. The molecule has 2 heteroatoms. The van der Waals surface area contributed by atoms with Crippen LogP contribution in [0.2, 0.25) is 0 Å². The Morgan fingerprint density at radius 1 is 1.60 bits per heavy atom. The Bertz CT molecular complexity index is 319. The number of aliphatic hydroxyl groups excluding tert-OH is 1. The Hall–Kier alpha value is -0.890. The molecule has 1 atom stereocenters. The summed E-state index contributed by atoms with van der Waals surface area (Å²) >= 11 is 0. The van der Waals surface area contributed by atoms with Crippen LogP contribution in [0, 0.1) is 5.41 Å². The van der Waals surface area contributed by atoms with E-state index in [0.29, 0.717) is 12.8 Å². The highest BCUT2D eigenvalue weighted by Crippen LogP contribution is 2.39. The maximum Gasteiger partial charge on any atom is 0.156 e. The number of allylic oxidation sites excluding steroid dienone is 3. The zero-order valence-corrected chi connectivity index (χ0v) is 10.0. The fraction of sp³-hybridized carbons (Fsp3) is 0.615. The van der Waals surface area contributed by atoms with Crippen LogP contribution in [0.25, 0.3) is 0 Å². The molecule has 0 fully saturated rings. The summed E-state index contributed by atoms with van der Waals surface area (Å²) in [5.74, 6) is 0.201. The largest absolute Gasteiger partial charge is 0.393 e. The highest BCUT2D eigenvalue weighted by atomic mass is 16.3. The quantitative estimate of drug-likeness (QED) is 0.757. The lowest BCUT2D eigenvalue weighted by Crippen LogP contribution is -2.24. The molecule has 0 heterocycles. The molecular weight excluding hydrogens is 188 g/mol. The van der Waals surface area contributed by atoms with Gasteiger partial charge in [0, 0.05) is 6.42 Å². The monoisotopic (exact) mass is 208 g/mol. The van der Waals surface area contributed by atoms with Gasteiger partial charge in [-0.15, -0.1) is 0 Å². The van der Waals surface area contributed by atoms with E-state index in [2.05, 4.69) is 19.9 Å². The van der Waals surface area contributed by atoms with Gasteiger partial charge in [-0.3, -0.25) is 4.79 Å². The number of hydrogen-bond acceptors (Lipinski definition) is 2. The molecule has 0 aromatic carbocycles. The molecule has 0 aliphatic heterocycles. The maximum atomic E-state index is 11.4. The summed E-state index contributed by atoms with van der Waals surface area (Å²) < 4.78 is 0. The van der Waals surface area contributed by atoms with E-state index >= 15 is 0 Å². The number of ketones is 1. The first-order valence-electron chi connectivity index (χ1n) is 5.43. The summed E-state index contributed by atoms with van der Waals surface area (Å²) in [5, 5.41) is 9.26. The second-order valence-corrected chi connectivity index (χ2v) is 5.06. The molecule has 0 saturated heterocycles. The molecule has 0 aromatic heterocycles. The second-order valence-electron chi connectivity index (χ2n) is 5.06. The topological polar surface area (TPSA) is 37.3 Å². The Morgan fingerprint density at radius 2 is 2.20 bits per heavy atom. The Morgan fingerprint density at radius 3 is 2.67 bits per heavy atom. The lowest BCUT2D eigenvalue weighted by molar-refractivity contribution is -0.116. The highest BCUT2D eigenvalue weighted by Gasteiger charge is 2.30. The smallest absolute Gasteiger partial charge is 0.156 e. The van der Waals surface area contributed by atoms with Gasteiger partial charge in [-0.05, 0) is 42.9 Å². The highest BCUT2D eigenvalue weighted by molar-refractivity contribution is 5.93. The van der Waals surface area contributed by atoms with Crippen molar-refractivity contribution < 1.29 is 9.90 Å². The molecule has 0 aromatic rings. The van der Waals surface area contributed by atoms with Gasteiger partial charge in [0.15, 0.2) is 5.78 Å². The molecule has 0 amide bonds. The van der Waals surface area contributed by atoms with Gasteiger partial charge in [0.25, 0.3) is 0 Å². The second kappa shape index (κ2) is 4.31. The number of carbonyl (C=O) groups is 1. The first-order chi connectivity index (χ1) is 6.83. The van der Waals surface area contributed by atoms with Gasteiger partial charge in [0.05, 0.1) is 6.10 Å². The lowest BCUT2D eigenvalue weighted by Gasteiger charge is -2.31. The molecule has 0 saturated carbocycles. The molecule has 2 nitrogen and oxygen atoms in total. The van der Waals surface area contributed by atoms with Crippen molar-refractivity contribution in [2.45, 2.75) is 46.6 Å². The molecule has 15 heavy (non-hydrogen) atoms. The minimum Gasteiger partial charge on any atom is -0.393 e. The van der Waals surface area contributed by atoms with Gasteiger partial charge in [-0.25, -0.2) is 0 Å². The third kappa shape index (κ3) is 3.03. The third-order valence-corrected chi connectivity index (χ3v) is 2.81. The molecule has 0 radical (unpaired) electrons. The van der Waals surface area contributed by atoms with E-state index in [0.717, 1.165) is 5.57 Å². The molecule has 1 aliphatic carbocycles. The fourth-order valence-corrected chi connectivity index (χ4v) is 2.16. The SMILES string of the molecule is CC1=CC(=O)CC(C)(C)/C1=C/C[C@@H](C)O. The molecule has 0 bridgehead atoms. The summed E-state index contributed by atoms with van der Waals surface area (Å²) in [4.78, 5) is 11.4. The number of rotatable bonds is 2. The molecule has 1 aliphatic rings. The summed E-state index contributed by atoms with van der Waals surface area (Å²) in [6.07, 6.45) is 4.66. The minimum atomic E-state index is -0.321. The molecule has 0 unspecified atom stereocenters. The van der Waals surface area contributed by atoms with Crippen molar-refractivity contribution in [3.05, 3.63) is 23.3 Å². The minimum absolute atomic E-state index is 0.0925. The van der Waals surface area contributed by atoms with Crippen molar-refractivity contribution in [2.24, 2.45) is 5.41 Å². The van der Waals surface area contributed by atoms with Crippen LogP contribution < -0.4 is 0 Å². The summed E-state index contributed by atoms with van der Waals surface area (Å²) in [5.41, 5.74) is 2.14. The molecule has 1 N–H and O–H groups in total. The average molecular weight is 208 g/mol. The van der Waals surface area contributed by atoms with E-state index in [1.807, 2.05) is 6.92 Å². The van der Waals surface area contributed by atoms with Crippen molar-refractivity contribution in [1.82, 2.24) is 0 Å². The molecule has 1 rings (SSSR count). The van der Waals surface area contributed by atoms with Gasteiger partial charge in [0.1, 0.15) is 0 Å². The van der Waals surface area contributed by atoms with E-state index in [1.165, 1.54) is 5.57 Å². The zero-order valence-electron chi connectivity index (χ0n) is 10.0. The Balaban J connectivity index is 2.98. The van der Waals surface area contributed by atoms with Crippen LogP contribution in [0.4, 0.5) is 0 Å². The number of aliphatic hydroxyl groups is 1. The van der Waals surface area contributed by atoms with Crippen molar-refractivity contribution in [1.29, 1.82) is 0 Å². The van der Waals surface area contributed by atoms with Crippen molar-refractivity contribution in [3.8, 4) is 0 Å². The normalized spacial score (nSPS) is 25.3. The van der Waals surface area contributed by atoms with Crippen LogP contribution in [0.5, 0.6) is 0 Å². The predicted octanol–water partition coefficient (Wildman–Crippen LogP) is 2.63. The van der Waals surface area contributed by atoms with Crippen LogP contribution in [0.3, 0.4) is 0 Å². The van der Waals surface area contributed by atoms with Gasteiger partial charge in [-0.2, -0.15) is 0 Å². The maximum absolute atomic E-state index is 11.4. The number of hydrogen-bond donors (Lipinski definition) is 1. The van der Waals surface area contributed by atoms with Crippen LogP contribution in [0.15, 0.2) is 23.3 Å². The molecule has 0 spiro atoms. The Kier molecular flexibility index (Phi) is 3.50.